The number of para-hydroxylation sites is 1. The lowest BCUT2D eigenvalue weighted by atomic mass is 9.82. The molecule has 28 heavy (non-hydrogen) atoms. The van der Waals surface area contributed by atoms with Crippen molar-refractivity contribution in [1.29, 1.82) is 0 Å². The maximum Gasteiger partial charge on any atom is 0.227 e. The minimum atomic E-state index is -0.103. The van der Waals surface area contributed by atoms with Gasteiger partial charge in [0.15, 0.2) is 0 Å². The van der Waals surface area contributed by atoms with E-state index in [0.29, 0.717) is 0 Å². The molecular weight excluding hydrogens is 352 g/mol. The van der Waals surface area contributed by atoms with Gasteiger partial charge < -0.3 is 20.0 Å². The van der Waals surface area contributed by atoms with E-state index in [4.69, 9.17) is 9.97 Å². The van der Waals surface area contributed by atoms with Crippen molar-refractivity contribution in [2.24, 2.45) is 10.8 Å². The standard InChI is InChI=1S/C22H32N4O2/c1-21(15-27)9-5-11-25(13-21)19-17-7-3-4-8-18(17)23-20(24-19)26-12-6-10-22(2,14-26)16-28/h3-4,7-8,27-28H,5-6,9-16H2,1-2H3. The molecule has 2 atom stereocenters. The predicted octanol–water partition coefficient (Wildman–Crippen LogP) is 2.83. The molecule has 0 bridgehead atoms. The molecule has 2 N–H and O–H groups in total. The number of aliphatic hydroxyl groups is 2. The predicted molar refractivity (Wildman–Crippen MR) is 113 cm³/mol. The number of aromatic nitrogens is 2. The largest absolute Gasteiger partial charge is 0.396 e. The van der Waals surface area contributed by atoms with Crippen molar-refractivity contribution < 1.29 is 10.2 Å². The summed E-state index contributed by atoms with van der Waals surface area (Å²) in [6.45, 7) is 8.12. The molecule has 0 aliphatic carbocycles. The Morgan fingerprint density at radius 3 is 2.18 bits per heavy atom. The highest BCUT2D eigenvalue weighted by Crippen LogP contribution is 2.36. The van der Waals surface area contributed by atoms with E-state index < -0.39 is 0 Å². The van der Waals surface area contributed by atoms with Crippen LogP contribution in [0.15, 0.2) is 24.3 Å². The Balaban J connectivity index is 1.74. The highest BCUT2D eigenvalue weighted by Gasteiger charge is 2.34. The topological polar surface area (TPSA) is 72.7 Å². The fraction of sp³-hybridized carbons (Fsp3) is 0.636. The van der Waals surface area contributed by atoms with Crippen molar-refractivity contribution in [3.05, 3.63) is 24.3 Å². The van der Waals surface area contributed by atoms with E-state index in [1.54, 1.807) is 0 Å². The average Bonchev–Trinajstić information content (AvgIpc) is 2.73. The first-order valence-corrected chi connectivity index (χ1v) is 10.4. The van der Waals surface area contributed by atoms with Crippen LogP contribution in [0.3, 0.4) is 0 Å². The highest BCUT2D eigenvalue weighted by molar-refractivity contribution is 5.90. The molecule has 2 saturated heterocycles. The first-order chi connectivity index (χ1) is 13.5. The number of nitrogens with zero attached hydrogens (tertiary/aromatic N) is 4. The van der Waals surface area contributed by atoms with Gasteiger partial charge in [-0.05, 0) is 37.8 Å². The Morgan fingerprint density at radius 2 is 1.50 bits per heavy atom. The Kier molecular flexibility index (Phi) is 5.19. The van der Waals surface area contributed by atoms with Crippen LogP contribution in [0.4, 0.5) is 11.8 Å². The van der Waals surface area contributed by atoms with Gasteiger partial charge in [-0.15, -0.1) is 0 Å². The van der Waals surface area contributed by atoms with E-state index in [-0.39, 0.29) is 24.0 Å². The number of aliphatic hydroxyl groups excluding tert-OH is 2. The van der Waals surface area contributed by atoms with Crippen LogP contribution in [0.25, 0.3) is 10.9 Å². The van der Waals surface area contributed by atoms with Crippen molar-refractivity contribution in [2.75, 3.05) is 49.2 Å². The van der Waals surface area contributed by atoms with Gasteiger partial charge in [0.25, 0.3) is 0 Å². The van der Waals surface area contributed by atoms with Gasteiger partial charge in [0.1, 0.15) is 5.82 Å². The van der Waals surface area contributed by atoms with Crippen molar-refractivity contribution in [1.82, 2.24) is 9.97 Å². The molecule has 4 rings (SSSR count). The van der Waals surface area contributed by atoms with Gasteiger partial charge in [-0.2, -0.15) is 4.98 Å². The minimum absolute atomic E-state index is 0.0922. The van der Waals surface area contributed by atoms with Gasteiger partial charge in [0.05, 0.1) is 18.7 Å². The summed E-state index contributed by atoms with van der Waals surface area (Å²) in [6.07, 6.45) is 4.16. The average molecular weight is 385 g/mol. The molecule has 6 nitrogen and oxygen atoms in total. The van der Waals surface area contributed by atoms with Crippen molar-refractivity contribution in [2.45, 2.75) is 39.5 Å². The third-order valence-corrected chi connectivity index (χ3v) is 6.48. The van der Waals surface area contributed by atoms with E-state index in [2.05, 4.69) is 29.7 Å². The van der Waals surface area contributed by atoms with Crippen LogP contribution >= 0.6 is 0 Å². The van der Waals surface area contributed by atoms with Crippen LogP contribution in [-0.2, 0) is 0 Å². The van der Waals surface area contributed by atoms with Crippen LogP contribution in [0.1, 0.15) is 39.5 Å². The lowest BCUT2D eigenvalue weighted by molar-refractivity contribution is 0.122. The summed E-state index contributed by atoms with van der Waals surface area (Å²) in [5.41, 5.74) is 0.758. The quantitative estimate of drug-likeness (QED) is 0.845. The fourth-order valence-electron chi connectivity index (χ4n) is 4.67. The zero-order valence-corrected chi connectivity index (χ0v) is 17.1. The van der Waals surface area contributed by atoms with Crippen molar-refractivity contribution in [3.8, 4) is 0 Å². The molecule has 6 heteroatoms. The Bertz CT molecular complexity index is 844. The second-order valence-corrected chi connectivity index (χ2v) is 9.35. The smallest absolute Gasteiger partial charge is 0.227 e. The summed E-state index contributed by atoms with van der Waals surface area (Å²) in [5, 5.41) is 20.8. The van der Waals surface area contributed by atoms with Crippen LogP contribution < -0.4 is 9.80 Å². The van der Waals surface area contributed by atoms with Crippen molar-refractivity contribution in [3.63, 3.8) is 0 Å². The number of hydrogen-bond acceptors (Lipinski definition) is 6. The summed E-state index contributed by atoms with van der Waals surface area (Å²) >= 11 is 0. The molecule has 152 valence electrons. The van der Waals surface area contributed by atoms with Crippen LogP contribution in [0, 0.1) is 10.8 Å². The van der Waals surface area contributed by atoms with Gasteiger partial charge in [-0.3, -0.25) is 0 Å². The fourth-order valence-corrected chi connectivity index (χ4v) is 4.67. The van der Waals surface area contributed by atoms with E-state index in [0.717, 1.165) is 74.5 Å². The van der Waals surface area contributed by atoms with Gasteiger partial charge in [-0.1, -0.05) is 26.0 Å². The van der Waals surface area contributed by atoms with E-state index in [9.17, 15) is 10.2 Å². The zero-order chi connectivity index (χ0) is 19.8. The molecule has 0 spiro atoms. The van der Waals surface area contributed by atoms with Crippen LogP contribution in [-0.4, -0.2) is 59.6 Å². The van der Waals surface area contributed by atoms with Gasteiger partial charge in [0.2, 0.25) is 5.95 Å². The summed E-state index contributed by atoms with van der Waals surface area (Å²) in [7, 11) is 0. The number of rotatable bonds is 4. The number of anilines is 2. The molecule has 3 heterocycles. The summed E-state index contributed by atoms with van der Waals surface area (Å²) in [5.74, 6) is 1.72. The second kappa shape index (κ2) is 7.48. The first kappa shape index (κ1) is 19.4. The van der Waals surface area contributed by atoms with Crippen molar-refractivity contribution >= 4 is 22.7 Å². The lowest BCUT2D eigenvalue weighted by Crippen LogP contribution is -2.45. The molecule has 2 aliphatic rings. The SMILES string of the molecule is CC1(CO)CCCN(c2nc(N3CCCC(C)(CO)C3)c3ccccc3n2)C1. The molecule has 0 amide bonds. The molecule has 1 aromatic heterocycles. The Labute approximate surface area is 167 Å². The highest BCUT2D eigenvalue weighted by atomic mass is 16.3. The third-order valence-electron chi connectivity index (χ3n) is 6.48. The molecule has 2 fully saturated rings. The Hall–Kier alpha value is -1.92. The van der Waals surface area contributed by atoms with E-state index in [1.807, 2.05) is 18.2 Å². The summed E-state index contributed by atoms with van der Waals surface area (Å²) in [6, 6.07) is 8.19. The lowest BCUT2D eigenvalue weighted by Gasteiger charge is -2.41. The summed E-state index contributed by atoms with van der Waals surface area (Å²) in [4.78, 5) is 14.4. The minimum Gasteiger partial charge on any atom is -0.396 e. The first-order valence-electron chi connectivity index (χ1n) is 10.4. The van der Waals surface area contributed by atoms with Crippen LogP contribution in [0.2, 0.25) is 0 Å². The Morgan fingerprint density at radius 1 is 0.893 bits per heavy atom. The number of fused-ring (bicyclic) bond motifs is 1. The van der Waals surface area contributed by atoms with Crippen LogP contribution in [0.5, 0.6) is 0 Å². The second-order valence-electron chi connectivity index (χ2n) is 9.35. The monoisotopic (exact) mass is 384 g/mol. The number of hydrogen-bond donors (Lipinski definition) is 2. The molecule has 1 aromatic carbocycles. The normalized spacial score (nSPS) is 28.7. The maximum atomic E-state index is 9.88. The molecule has 2 aliphatic heterocycles. The maximum absolute atomic E-state index is 9.88. The number of benzene rings is 1. The third kappa shape index (κ3) is 3.67. The zero-order valence-electron chi connectivity index (χ0n) is 17.1. The molecule has 2 unspecified atom stereocenters. The van der Waals surface area contributed by atoms with Gasteiger partial charge >= 0.3 is 0 Å². The number of piperidine rings is 2. The van der Waals surface area contributed by atoms with Gasteiger partial charge in [0, 0.05) is 42.4 Å². The van der Waals surface area contributed by atoms with E-state index in [1.165, 1.54) is 0 Å². The molecular formula is C22H32N4O2. The summed E-state index contributed by atoms with van der Waals surface area (Å²) < 4.78 is 0. The molecule has 2 aromatic rings. The van der Waals surface area contributed by atoms with Gasteiger partial charge in [-0.25, -0.2) is 4.98 Å². The van der Waals surface area contributed by atoms with E-state index >= 15 is 0 Å². The molecule has 0 saturated carbocycles. The molecule has 0 radical (unpaired) electrons.